The van der Waals surface area contributed by atoms with Crippen LogP contribution in [0.5, 0.6) is 5.75 Å². The van der Waals surface area contributed by atoms with Gasteiger partial charge in [0.1, 0.15) is 17.0 Å². The predicted molar refractivity (Wildman–Crippen MR) is 114 cm³/mol. The first-order valence-electron chi connectivity index (χ1n) is 9.97. The molecule has 1 aliphatic heterocycles. The third-order valence-corrected chi connectivity index (χ3v) is 4.71. The van der Waals surface area contributed by atoms with Crippen LogP contribution in [0.1, 0.15) is 47.1 Å². The van der Waals surface area contributed by atoms with Crippen molar-refractivity contribution in [2.24, 2.45) is 5.73 Å². The number of aliphatic hydroxyl groups is 1. The number of aldehydes is 1. The number of nitrogens with two attached hydrogens (primary N) is 1. The molecule has 33 heavy (non-hydrogen) atoms. The molecule has 3 rings (SSSR count). The highest BCUT2D eigenvalue weighted by atomic mass is 19.4. The second-order valence-corrected chi connectivity index (χ2v) is 7.52. The van der Waals surface area contributed by atoms with Crippen molar-refractivity contribution in [3.63, 3.8) is 0 Å². The van der Waals surface area contributed by atoms with Gasteiger partial charge in [0.2, 0.25) is 0 Å². The number of fused-ring (bicyclic) bond motifs is 3. The Morgan fingerprint density at radius 3 is 2.61 bits per heavy atom. The van der Waals surface area contributed by atoms with Crippen LogP contribution in [0.25, 0.3) is 5.69 Å². The molecular weight excluding hydrogens is 441 g/mol. The molecule has 0 radical (unpaired) electrons. The Labute approximate surface area is 189 Å². The number of carbonyl (C=O) groups excluding carboxylic acids is 2. The number of aliphatic hydroxyl groups excluding tert-OH is 1. The van der Waals surface area contributed by atoms with Gasteiger partial charge in [-0.25, -0.2) is 4.68 Å². The minimum Gasteiger partial charge on any atom is -0.491 e. The van der Waals surface area contributed by atoms with E-state index in [-0.39, 0.29) is 30.0 Å². The molecule has 0 bridgehead atoms. The smallest absolute Gasteiger partial charge is 0.420 e. The van der Waals surface area contributed by atoms with Crippen LogP contribution in [-0.2, 0) is 11.0 Å². The second-order valence-electron chi connectivity index (χ2n) is 7.52. The Balaban J connectivity index is 0.000000696. The molecule has 8 nitrogen and oxygen atoms in total. The SMILES string of the molecule is CC1COc2ccc(C#CC(O)C=O)cc2-n2nc(C(N)=O)c(C(F)(F)F)c21.CCN(C)C. The van der Waals surface area contributed by atoms with Crippen LogP contribution in [0.2, 0.25) is 0 Å². The van der Waals surface area contributed by atoms with E-state index in [4.69, 9.17) is 10.5 Å². The number of carbonyl (C=O) groups is 2. The molecule has 0 fully saturated rings. The van der Waals surface area contributed by atoms with Crippen molar-refractivity contribution < 1.29 is 32.6 Å². The van der Waals surface area contributed by atoms with Gasteiger partial charge < -0.3 is 20.5 Å². The van der Waals surface area contributed by atoms with E-state index in [1.54, 1.807) is 0 Å². The van der Waals surface area contributed by atoms with E-state index in [1.165, 1.54) is 25.1 Å². The maximum Gasteiger partial charge on any atom is 0.420 e. The quantitative estimate of drug-likeness (QED) is 0.529. The zero-order chi connectivity index (χ0) is 24.9. The highest BCUT2D eigenvalue weighted by molar-refractivity contribution is 5.93. The summed E-state index contributed by atoms with van der Waals surface area (Å²) >= 11 is 0. The van der Waals surface area contributed by atoms with E-state index in [0.29, 0.717) is 5.56 Å². The zero-order valence-corrected chi connectivity index (χ0v) is 18.6. The first-order valence-corrected chi connectivity index (χ1v) is 9.97. The van der Waals surface area contributed by atoms with Crippen LogP contribution in [0, 0.1) is 11.8 Å². The largest absolute Gasteiger partial charge is 0.491 e. The number of ether oxygens (including phenoxy) is 1. The van der Waals surface area contributed by atoms with Gasteiger partial charge in [0.05, 0.1) is 12.3 Å². The average molecular weight is 466 g/mol. The number of benzene rings is 1. The van der Waals surface area contributed by atoms with Gasteiger partial charge in [0, 0.05) is 11.5 Å². The molecule has 0 aliphatic carbocycles. The number of hydrogen-bond donors (Lipinski definition) is 2. The third kappa shape index (κ3) is 6.12. The first-order chi connectivity index (χ1) is 15.4. The van der Waals surface area contributed by atoms with Gasteiger partial charge in [-0.05, 0) is 38.8 Å². The Morgan fingerprint density at radius 2 is 2.09 bits per heavy atom. The van der Waals surface area contributed by atoms with Gasteiger partial charge in [0.15, 0.2) is 18.1 Å². The highest BCUT2D eigenvalue weighted by Crippen LogP contribution is 2.41. The van der Waals surface area contributed by atoms with Gasteiger partial charge in [-0.15, -0.1) is 0 Å². The lowest BCUT2D eigenvalue weighted by atomic mass is 10.0. The normalized spacial score (nSPS) is 15.5. The van der Waals surface area contributed by atoms with Crippen LogP contribution < -0.4 is 10.5 Å². The van der Waals surface area contributed by atoms with Crippen molar-refractivity contribution in [1.29, 1.82) is 0 Å². The highest BCUT2D eigenvalue weighted by Gasteiger charge is 2.44. The fourth-order valence-corrected chi connectivity index (χ4v) is 2.89. The average Bonchev–Trinajstić information content (AvgIpc) is 3.12. The summed E-state index contributed by atoms with van der Waals surface area (Å²) in [6.45, 7) is 4.70. The predicted octanol–water partition coefficient (Wildman–Crippen LogP) is 1.97. The summed E-state index contributed by atoms with van der Waals surface area (Å²) in [6, 6.07) is 4.38. The zero-order valence-electron chi connectivity index (χ0n) is 18.6. The molecule has 178 valence electrons. The Bertz CT molecular complexity index is 1080. The van der Waals surface area contributed by atoms with E-state index >= 15 is 0 Å². The molecule has 1 aliphatic rings. The summed E-state index contributed by atoms with van der Waals surface area (Å²) in [5.74, 6) is 3.01. The summed E-state index contributed by atoms with van der Waals surface area (Å²) in [7, 11) is 4.11. The van der Waals surface area contributed by atoms with Crippen LogP contribution in [0.4, 0.5) is 13.2 Å². The lowest BCUT2D eigenvalue weighted by molar-refractivity contribution is -0.138. The van der Waals surface area contributed by atoms with Crippen molar-refractivity contribution in [2.45, 2.75) is 32.0 Å². The van der Waals surface area contributed by atoms with Crippen molar-refractivity contribution in [1.82, 2.24) is 14.7 Å². The maximum atomic E-state index is 13.7. The number of hydrogen-bond acceptors (Lipinski definition) is 6. The Hall–Kier alpha value is -3.36. The molecule has 2 unspecified atom stereocenters. The van der Waals surface area contributed by atoms with Gasteiger partial charge in [-0.3, -0.25) is 9.59 Å². The summed E-state index contributed by atoms with van der Waals surface area (Å²) in [5, 5.41) is 13.0. The summed E-state index contributed by atoms with van der Waals surface area (Å²) in [6.07, 6.45) is -6.10. The van der Waals surface area contributed by atoms with Gasteiger partial charge in [-0.2, -0.15) is 18.3 Å². The number of rotatable bonds is 3. The van der Waals surface area contributed by atoms with E-state index in [2.05, 4.69) is 42.9 Å². The molecule has 2 aromatic rings. The van der Waals surface area contributed by atoms with Crippen molar-refractivity contribution >= 4 is 12.2 Å². The second kappa shape index (κ2) is 10.5. The molecule has 0 saturated carbocycles. The number of nitrogens with zero attached hydrogens (tertiary/aromatic N) is 3. The lowest BCUT2D eigenvalue weighted by Gasteiger charge is -2.13. The minimum absolute atomic E-state index is 0.0745. The van der Waals surface area contributed by atoms with E-state index < -0.39 is 35.4 Å². The molecule has 1 aromatic heterocycles. The standard InChI is InChI=1S/C18H14F3N3O4.C4H11N/c1-9-8-28-13-5-3-10(2-4-11(26)7-25)6-12(13)24-16(9)14(18(19,20)21)15(23-24)17(22)27;1-4-5(2)3/h3,5-7,9,11,26H,8H2,1H3,(H2,22,27);4H2,1-3H3. The maximum absolute atomic E-state index is 13.7. The topological polar surface area (TPSA) is 111 Å². The van der Waals surface area contributed by atoms with E-state index in [1.807, 2.05) is 0 Å². The van der Waals surface area contributed by atoms with E-state index in [9.17, 15) is 27.9 Å². The fourth-order valence-electron chi connectivity index (χ4n) is 2.89. The summed E-state index contributed by atoms with van der Waals surface area (Å²) in [5.41, 5.74) is 3.22. The molecule has 0 saturated heterocycles. The number of amides is 1. The summed E-state index contributed by atoms with van der Waals surface area (Å²) in [4.78, 5) is 24.2. The van der Waals surface area contributed by atoms with Crippen LogP contribution >= 0.6 is 0 Å². The Morgan fingerprint density at radius 1 is 1.45 bits per heavy atom. The number of alkyl halides is 3. The molecule has 1 amide bonds. The fraction of sp³-hybridized carbons (Fsp3) is 0.409. The molecular formula is C22H25F3N4O4. The van der Waals surface area contributed by atoms with Crippen molar-refractivity contribution in [3.05, 3.63) is 40.7 Å². The molecule has 3 N–H and O–H groups in total. The number of halogens is 3. The Kier molecular flexibility index (Phi) is 8.24. The monoisotopic (exact) mass is 466 g/mol. The summed E-state index contributed by atoms with van der Waals surface area (Å²) < 4.78 is 47.5. The van der Waals surface area contributed by atoms with Crippen LogP contribution in [0.3, 0.4) is 0 Å². The van der Waals surface area contributed by atoms with Crippen molar-refractivity contribution in [2.75, 3.05) is 27.2 Å². The van der Waals surface area contributed by atoms with Gasteiger partial charge in [0.25, 0.3) is 5.91 Å². The molecule has 0 spiro atoms. The van der Waals surface area contributed by atoms with Gasteiger partial charge >= 0.3 is 6.18 Å². The van der Waals surface area contributed by atoms with Crippen molar-refractivity contribution in [3.8, 4) is 23.3 Å². The first kappa shape index (κ1) is 25.9. The minimum atomic E-state index is -4.85. The lowest BCUT2D eigenvalue weighted by Crippen LogP contribution is -2.20. The third-order valence-electron chi connectivity index (χ3n) is 4.71. The number of primary amides is 1. The van der Waals surface area contributed by atoms with Crippen LogP contribution in [-0.4, -0.2) is 65.3 Å². The number of aromatic nitrogens is 2. The molecule has 2 atom stereocenters. The van der Waals surface area contributed by atoms with Gasteiger partial charge in [-0.1, -0.05) is 25.7 Å². The van der Waals surface area contributed by atoms with Crippen LogP contribution in [0.15, 0.2) is 18.2 Å². The molecule has 11 heteroatoms. The molecule has 1 aromatic carbocycles. The molecule has 2 heterocycles. The van der Waals surface area contributed by atoms with E-state index in [0.717, 1.165) is 11.2 Å².